The summed E-state index contributed by atoms with van der Waals surface area (Å²) in [6.07, 6.45) is 0. The number of aromatic nitrogens is 2. The summed E-state index contributed by atoms with van der Waals surface area (Å²) in [7, 11) is 0. The molecule has 0 unspecified atom stereocenters. The van der Waals surface area contributed by atoms with Crippen LogP contribution in [-0.4, -0.2) is 15.4 Å². The van der Waals surface area contributed by atoms with Gasteiger partial charge in [-0.3, -0.25) is 5.43 Å². The molecular weight excluding hydrogens is 192 g/mol. The molecule has 0 aliphatic carbocycles. The quantitative estimate of drug-likeness (QED) is 0.574. The number of hydrogen-bond donors (Lipinski definition) is 2. The van der Waals surface area contributed by atoms with Crippen LogP contribution in [0.1, 0.15) is 18.9 Å². The normalized spacial score (nSPS) is 10.7. The van der Waals surface area contributed by atoms with Crippen molar-refractivity contribution in [3.05, 3.63) is 5.01 Å². The molecule has 12 heavy (non-hydrogen) atoms. The first-order chi connectivity index (χ1) is 5.72. The zero-order valence-corrected chi connectivity index (χ0v) is 8.71. The third-order valence-corrected chi connectivity index (χ3v) is 3.27. The second-order valence-electron chi connectivity index (χ2n) is 2.51. The summed E-state index contributed by atoms with van der Waals surface area (Å²) in [6, 6.07) is 0. The lowest BCUT2D eigenvalue weighted by Crippen LogP contribution is -2.05. The smallest absolute Gasteiger partial charge is 0.219 e. The van der Waals surface area contributed by atoms with Gasteiger partial charge in [0.1, 0.15) is 5.01 Å². The molecule has 0 atom stereocenters. The summed E-state index contributed by atoms with van der Waals surface area (Å²) in [5, 5.41) is 10.1. The molecule has 6 heteroatoms. The highest BCUT2D eigenvalue weighted by Crippen LogP contribution is 2.21. The van der Waals surface area contributed by atoms with Gasteiger partial charge in [0.15, 0.2) is 0 Å². The van der Waals surface area contributed by atoms with Crippen LogP contribution in [0.2, 0.25) is 0 Å². The number of thioether (sulfide) groups is 1. The Morgan fingerprint density at radius 1 is 1.58 bits per heavy atom. The van der Waals surface area contributed by atoms with Gasteiger partial charge >= 0.3 is 0 Å². The fraction of sp³-hybridized carbons (Fsp3) is 0.667. The van der Waals surface area contributed by atoms with Crippen molar-refractivity contribution in [2.75, 3.05) is 5.43 Å². The highest BCUT2D eigenvalue weighted by molar-refractivity contribution is 7.99. The molecule has 68 valence electrons. The van der Waals surface area contributed by atoms with Crippen LogP contribution < -0.4 is 11.3 Å². The lowest BCUT2D eigenvalue weighted by molar-refractivity contribution is 1.03. The van der Waals surface area contributed by atoms with Gasteiger partial charge in [-0.25, -0.2) is 5.84 Å². The summed E-state index contributed by atoms with van der Waals surface area (Å²) in [6.45, 7) is 4.32. The molecular formula is C6H12N4S2. The Kier molecular flexibility index (Phi) is 3.77. The molecule has 0 aliphatic rings. The molecule has 0 saturated heterocycles. The lowest BCUT2D eigenvalue weighted by Gasteiger charge is -1.99. The van der Waals surface area contributed by atoms with E-state index in [1.807, 2.05) is 11.8 Å². The Morgan fingerprint density at radius 3 is 2.83 bits per heavy atom. The van der Waals surface area contributed by atoms with E-state index in [-0.39, 0.29) is 0 Å². The largest absolute Gasteiger partial charge is 0.298 e. The molecule has 0 saturated carbocycles. The van der Waals surface area contributed by atoms with Crippen LogP contribution in [0.15, 0.2) is 0 Å². The van der Waals surface area contributed by atoms with E-state index < -0.39 is 0 Å². The molecule has 0 aromatic carbocycles. The Morgan fingerprint density at radius 2 is 2.33 bits per heavy atom. The lowest BCUT2D eigenvalue weighted by atomic mass is 10.6. The zero-order valence-electron chi connectivity index (χ0n) is 7.07. The first-order valence-electron chi connectivity index (χ1n) is 3.63. The Hall–Kier alpha value is -0.330. The summed E-state index contributed by atoms with van der Waals surface area (Å²) in [4.78, 5) is 0. The Bertz CT molecular complexity index is 235. The molecule has 0 amide bonds. The van der Waals surface area contributed by atoms with E-state index in [0.717, 1.165) is 10.8 Å². The Labute approximate surface area is 79.9 Å². The van der Waals surface area contributed by atoms with Crippen LogP contribution >= 0.6 is 23.1 Å². The Balaban J connectivity index is 2.41. The molecule has 0 bridgehead atoms. The van der Waals surface area contributed by atoms with Crippen molar-refractivity contribution >= 4 is 28.2 Å². The van der Waals surface area contributed by atoms with Crippen molar-refractivity contribution in [2.24, 2.45) is 5.84 Å². The average molecular weight is 204 g/mol. The minimum atomic E-state index is 0.628. The van der Waals surface area contributed by atoms with Gasteiger partial charge in [-0.2, -0.15) is 11.8 Å². The van der Waals surface area contributed by atoms with Gasteiger partial charge in [-0.05, 0) is 5.25 Å². The third kappa shape index (κ3) is 2.96. The third-order valence-electron chi connectivity index (χ3n) is 1.13. The van der Waals surface area contributed by atoms with Crippen molar-refractivity contribution in [3.63, 3.8) is 0 Å². The van der Waals surface area contributed by atoms with Gasteiger partial charge < -0.3 is 0 Å². The van der Waals surface area contributed by atoms with Gasteiger partial charge in [0.05, 0.1) is 0 Å². The number of nitrogens with two attached hydrogens (primary N) is 1. The summed E-state index contributed by atoms with van der Waals surface area (Å²) >= 11 is 3.34. The SMILES string of the molecule is CC(C)SCc1nnc(NN)s1. The standard InChI is InChI=1S/C6H12N4S2/c1-4(2)11-3-5-9-10-6(8-7)12-5/h4H,3,7H2,1-2H3,(H,8,10). The van der Waals surface area contributed by atoms with Crippen LogP contribution in [0.3, 0.4) is 0 Å². The maximum absolute atomic E-state index is 5.17. The van der Waals surface area contributed by atoms with E-state index in [9.17, 15) is 0 Å². The van der Waals surface area contributed by atoms with Gasteiger partial charge in [0.25, 0.3) is 0 Å². The fourth-order valence-electron chi connectivity index (χ4n) is 0.608. The average Bonchev–Trinajstić information content (AvgIpc) is 2.48. The molecule has 0 aliphatic heterocycles. The van der Waals surface area contributed by atoms with Crippen molar-refractivity contribution in [3.8, 4) is 0 Å². The number of nitrogens with zero attached hydrogens (tertiary/aromatic N) is 2. The molecule has 4 nitrogen and oxygen atoms in total. The number of nitrogen functional groups attached to an aromatic ring is 1. The van der Waals surface area contributed by atoms with Gasteiger partial charge in [-0.1, -0.05) is 25.2 Å². The van der Waals surface area contributed by atoms with Crippen LogP contribution in [0.25, 0.3) is 0 Å². The number of rotatable bonds is 4. The molecule has 0 radical (unpaired) electrons. The molecule has 1 aromatic heterocycles. The van der Waals surface area contributed by atoms with Crippen LogP contribution in [0.5, 0.6) is 0 Å². The van der Waals surface area contributed by atoms with Crippen LogP contribution in [-0.2, 0) is 5.75 Å². The zero-order chi connectivity index (χ0) is 8.97. The van der Waals surface area contributed by atoms with Crippen LogP contribution in [0, 0.1) is 0 Å². The maximum atomic E-state index is 5.17. The molecule has 3 N–H and O–H groups in total. The van der Waals surface area contributed by atoms with E-state index in [2.05, 4.69) is 29.5 Å². The fourth-order valence-corrected chi connectivity index (χ4v) is 2.03. The van der Waals surface area contributed by atoms with Gasteiger partial charge in [0, 0.05) is 5.75 Å². The van der Waals surface area contributed by atoms with E-state index in [4.69, 9.17) is 5.84 Å². The minimum Gasteiger partial charge on any atom is -0.298 e. The summed E-state index contributed by atoms with van der Waals surface area (Å²) in [5.41, 5.74) is 2.47. The maximum Gasteiger partial charge on any atom is 0.219 e. The van der Waals surface area contributed by atoms with E-state index in [0.29, 0.717) is 10.4 Å². The molecule has 1 rings (SSSR count). The second kappa shape index (κ2) is 4.64. The molecule has 0 fully saturated rings. The van der Waals surface area contributed by atoms with Crippen molar-refractivity contribution in [2.45, 2.75) is 24.9 Å². The summed E-state index contributed by atoms with van der Waals surface area (Å²) in [5.74, 6) is 6.08. The van der Waals surface area contributed by atoms with E-state index in [1.54, 1.807) is 0 Å². The van der Waals surface area contributed by atoms with Crippen molar-refractivity contribution in [1.29, 1.82) is 0 Å². The van der Waals surface area contributed by atoms with E-state index in [1.165, 1.54) is 11.3 Å². The molecule has 1 heterocycles. The number of anilines is 1. The van der Waals surface area contributed by atoms with Crippen molar-refractivity contribution in [1.82, 2.24) is 10.2 Å². The van der Waals surface area contributed by atoms with Gasteiger partial charge in [-0.15, -0.1) is 10.2 Å². The first kappa shape index (κ1) is 9.76. The minimum absolute atomic E-state index is 0.628. The molecule has 0 spiro atoms. The number of hydrogen-bond acceptors (Lipinski definition) is 6. The van der Waals surface area contributed by atoms with Crippen molar-refractivity contribution < 1.29 is 0 Å². The highest BCUT2D eigenvalue weighted by atomic mass is 32.2. The van der Waals surface area contributed by atoms with Gasteiger partial charge in [0.2, 0.25) is 5.13 Å². The highest BCUT2D eigenvalue weighted by Gasteiger charge is 2.03. The van der Waals surface area contributed by atoms with E-state index >= 15 is 0 Å². The second-order valence-corrected chi connectivity index (χ2v) is 5.13. The predicted molar refractivity (Wildman–Crippen MR) is 54.2 cm³/mol. The predicted octanol–water partition coefficient (Wildman–Crippen LogP) is 1.47. The van der Waals surface area contributed by atoms with Crippen LogP contribution in [0.4, 0.5) is 5.13 Å². The monoisotopic (exact) mass is 204 g/mol. The first-order valence-corrected chi connectivity index (χ1v) is 5.49. The number of hydrazine groups is 1. The summed E-state index contributed by atoms with van der Waals surface area (Å²) < 4.78 is 0. The topological polar surface area (TPSA) is 63.8 Å². The number of nitrogens with one attached hydrogen (secondary N) is 1. The molecule has 1 aromatic rings.